The predicted octanol–water partition coefficient (Wildman–Crippen LogP) is 3.83. The van der Waals surface area contributed by atoms with Gasteiger partial charge >= 0.3 is 0 Å². The van der Waals surface area contributed by atoms with Gasteiger partial charge in [-0.2, -0.15) is 5.10 Å². The van der Waals surface area contributed by atoms with Crippen LogP contribution in [0.25, 0.3) is 21.6 Å². The lowest BCUT2D eigenvalue weighted by atomic mass is 10.1. The Bertz CT molecular complexity index is 1270. The van der Waals surface area contributed by atoms with Gasteiger partial charge in [-0.1, -0.05) is 11.3 Å². The Morgan fingerprint density at radius 1 is 1.09 bits per heavy atom. The summed E-state index contributed by atoms with van der Waals surface area (Å²) in [6.45, 7) is 8.04. The van der Waals surface area contributed by atoms with Crippen LogP contribution in [0.2, 0.25) is 0 Å². The highest BCUT2D eigenvalue weighted by molar-refractivity contribution is 7.21. The van der Waals surface area contributed by atoms with E-state index in [4.69, 9.17) is 14.7 Å². The summed E-state index contributed by atoms with van der Waals surface area (Å²) in [5.41, 5.74) is 4.98. The van der Waals surface area contributed by atoms with Crippen molar-refractivity contribution >= 4 is 38.3 Å². The van der Waals surface area contributed by atoms with Gasteiger partial charge in [0.15, 0.2) is 5.13 Å². The number of rotatable bonds is 5. The van der Waals surface area contributed by atoms with E-state index in [1.54, 1.807) is 0 Å². The smallest absolute Gasteiger partial charge is 0.190 e. The number of aryl methyl sites for hydroxylation is 1. The normalized spacial score (nSPS) is 18.0. The number of piperazine rings is 1. The Morgan fingerprint density at radius 2 is 1.94 bits per heavy atom. The largest absolute Gasteiger partial charge is 0.381 e. The molecule has 0 unspecified atom stereocenters. The third-order valence-corrected chi connectivity index (χ3v) is 7.61. The highest BCUT2D eigenvalue weighted by Gasteiger charge is 2.25. The number of fused-ring (bicyclic) bond motifs is 1. The van der Waals surface area contributed by atoms with E-state index in [2.05, 4.69) is 42.4 Å². The zero-order valence-electron chi connectivity index (χ0n) is 19.2. The van der Waals surface area contributed by atoms with Gasteiger partial charge in [0, 0.05) is 74.6 Å². The predicted molar refractivity (Wildman–Crippen MR) is 135 cm³/mol. The second-order valence-electron chi connectivity index (χ2n) is 8.84. The molecule has 176 valence electrons. The molecule has 2 fully saturated rings. The fraction of sp³-hybridized carbons (Fsp3) is 0.417. The molecule has 0 aromatic carbocycles. The minimum atomic E-state index is 0.677. The molecule has 4 aromatic rings. The molecule has 0 aliphatic carbocycles. The molecule has 34 heavy (non-hydrogen) atoms. The molecular formula is C24H28N8OS. The summed E-state index contributed by atoms with van der Waals surface area (Å²) in [5.74, 6) is 0.800. The van der Waals surface area contributed by atoms with Crippen LogP contribution >= 0.6 is 11.3 Å². The number of thiazole rings is 1. The first-order chi connectivity index (χ1) is 16.7. The number of hydrogen-bond donors (Lipinski definition) is 2. The Kier molecular flexibility index (Phi) is 5.86. The van der Waals surface area contributed by atoms with E-state index in [-0.39, 0.29) is 0 Å². The lowest BCUT2D eigenvalue weighted by Crippen LogP contribution is -2.51. The van der Waals surface area contributed by atoms with E-state index >= 15 is 0 Å². The van der Waals surface area contributed by atoms with E-state index in [1.165, 1.54) is 17.0 Å². The average molecular weight is 477 g/mol. The van der Waals surface area contributed by atoms with Crippen LogP contribution in [0.15, 0.2) is 36.7 Å². The quantitative estimate of drug-likeness (QED) is 0.449. The minimum absolute atomic E-state index is 0.677. The lowest BCUT2D eigenvalue weighted by molar-refractivity contribution is 0.0321. The fourth-order valence-electron chi connectivity index (χ4n) is 4.82. The lowest BCUT2D eigenvalue weighted by Gasteiger charge is -2.41. The SMILES string of the molecule is Cc1[nH]ncc1-c1ccc2nc(Nc3cc(N4CCN(C5CCOCC5)CC4)ccn3)sc2n1. The summed E-state index contributed by atoms with van der Waals surface area (Å²) in [7, 11) is 0. The van der Waals surface area contributed by atoms with Crippen molar-refractivity contribution in [3.63, 3.8) is 0 Å². The van der Waals surface area contributed by atoms with Crippen molar-refractivity contribution < 1.29 is 4.74 Å². The summed E-state index contributed by atoms with van der Waals surface area (Å²) in [6, 6.07) is 8.88. The molecule has 2 N–H and O–H groups in total. The molecule has 0 spiro atoms. The Balaban J connectivity index is 1.14. The van der Waals surface area contributed by atoms with E-state index < -0.39 is 0 Å². The number of nitrogens with zero attached hydrogens (tertiary/aromatic N) is 6. The standard InChI is InChI=1S/C24H28N8OS/c1-16-19(15-26-30-16)20-2-3-21-23(27-20)34-24(28-21)29-22-14-18(4-7-25-22)32-10-8-31(9-11-32)17-5-12-33-13-6-17/h2-4,7,14-15,17H,5-6,8-13H2,1H3,(H,26,30)(H,25,28,29). The third-order valence-electron chi connectivity index (χ3n) is 6.73. The Labute approximate surface area is 202 Å². The number of H-pyrrole nitrogens is 1. The van der Waals surface area contributed by atoms with Gasteiger partial charge in [-0.05, 0) is 38.0 Å². The number of aromatic nitrogens is 5. The first kappa shape index (κ1) is 21.5. The van der Waals surface area contributed by atoms with Crippen LogP contribution < -0.4 is 10.2 Å². The van der Waals surface area contributed by atoms with Crippen molar-refractivity contribution in [1.82, 2.24) is 30.0 Å². The molecule has 0 bridgehead atoms. The Hall–Kier alpha value is -3.08. The number of anilines is 3. The van der Waals surface area contributed by atoms with E-state index in [1.807, 2.05) is 31.5 Å². The monoisotopic (exact) mass is 476 g/mol. The molecule has 0 radical (unpaired) electrons. The van der Waals surface area contributed by atoms with E-state index in [0.717, 1.165) is 90.5 Å². The van der Waals surface area contributed by atoms with Crippen LogP contribution in [0.1, 0.15) is 18.5 Å². The van der Waals surface area contributed by atoms with Gasteiger partial charge < -0.3 is 15.0 Å². The number of hydrogen-bond acceptors (Lipinski definition) is 9. The van der Waals surface area contributed by atoms with Gasteiger partial charge in [-0.25, -0.2) is 15.0 Å². The second kappa shape index (κ2) is 9.28. The van der Waals surface area contributed by atoms with Crippen LogP contribution in [0.3, 0.4) is 0 Å². The highest BCUT2D eigenvalue weighted by Crippen LogP contribution is 2.30. The molecule has 0 atom stereocenters. The minimum Gasteiger partial charge on any atom is -0.381 e. The maximum atomic E-state index is 5.53. The van der Waals surface area contributed by atoms with Crippen molar-refractivity contribution in [1.29, 1.82) is 0 Å². The maximum absolute atomic E-state index is 5.53. The average Bonchev–Trinajstić information content (AvgIpc) is 3.49. The maximum Gasteiger partial charge on any atom is 0.190 e. The molecule has 6 rings (SSSR count). The number of nitrogens with one attached hydrogen (secondary N) is 2. The van der Waals surface area contributed by atoms with Crippen molar-refractivity contribution in [2.24, 2.45) is 0 Å². The molecule has 2 saturated heterocycles. The third kappa shape index (κ3) is 4.36. The summed E-state index contributed by atoms with van der Waals surface area (Å²) in [6.07, 6.45) is 5.99. The molecule has 9 nitrogen and oxygen atoms in total. The molecule has 2 aliphatic heterocycles. The van der Waals surface area contributed by atoms with Crippen molar-refractivity contribution in [3.05, 3.63) is 42.4 Å². The van der Waals surface area contributed by atoms with Crippen molar-refractivity contribution in [3.8, 4) is 11.3 Å². The second-order valence-corrected chi connectivity index (χ2v) is 9.82. The van der Waals surface area contributed by atoms with Crippen LogP contribution in [0.5, 0.6) is 0 Å². The van der Waals surface area contributed by atoms with E-state index in [0.29, 0.717) is 6.04 Å². The topological polar surface area (TPSA) is 95.1 Å². The van der Waals surface area contributed by atoms with Gasteiger partial charge in [0.1, 0.15) is 16.2 Å². The molecular weight excluding hydrogens is 448 g/mol. The van der Waals surface area contributed by atoms with Crippen LogP contribution in [0, 0.1) is 6.92 Å². The fourth-order valence-corrected chi connectivity index (χ4v) is 5.66. The van der Waals surface area contributed by atoms with Gasteiger partial charge in [0.25, 0.3) is 0 Å². The Morgan fingerprint density at radius 3 is 2.74 bits per heavy atom. The number of aromatic amines is 1. The van der Waals surface area contributed by atoms with Crippen LogP contribution in [-0.4, -0.2) is 75.5 Å². The summed E-state index contributed by atoms with van der Waals surface area (Å²) in [4.78, 5) is 20.0. The number of ether oxygens (including phenoxy) is 1. The van der Waals surface area contributed by atoms with Crippen LogP contribution in [-0.2, 0) is 4.74 Å². The molecule has 2 aliphatic rings. The molecule has 4 aromatic heterocycles. The zero-order chi connectivity index (χ0) is 22.9. The van der Waals surface area contributed by atoms with E-state index in [9.17, 15) is 0 Å². The van der Waals surface area contributed by atoms with Crippen LogP contribution in [0.4, 0.5) is 16.6 Å². The summed E-state index contributed by atoms with van der Waals surface area (Å²) < 4.78 is 5.53. The first-order valence-electron chi connectivity index (χ1n) is 11.8. The summed E-state index contributed by atoms with van der Waals surface area (Å²) >= 11 is 1.53. The number of pyridine rings is 2. The molecule has 10 heteroatoms. The highest BCUT2D eigenvalue weighted by atomic mass is 32.1. The molecule has 6 heterocycles. The first-order valence-corrected chi connectivity index (χ1v) is 12.6. The van der Waals surface area contributed by atoms with Gasteiger partial charge in [-0.3, -0.25) is 10.00 Å². The van der Waals surface area contributed by atoms with Crippen molar-refractivity contribution in [2.75, 3.05) is 49.6 Å². The summed E-state index contributed by atoms with van der Waals surface area (Å²) in [5, 5.41) is 11.2. The van der Waals surface area contributed by atoms with Crippen molar-refractivity contribution in [2.45, 2.75) is 25.8 Å². The van der Waals surface area contributed by atoms with Gasteiger partial charge in [0.05, 0.1) is 11.9 Å². The zero-order valence-corrected chi connectivity index (χ0v) is 20.0. The van der Waals surface area contributed by atoms with Gasteiger partial charge in [-0.15, -0.1) is 0 Å². The molecule has 0 amide bonds. The molecule has 0 saturated carbocycles. The van der Waals surface area contributed by atoms with Gasteiger partial charge in [0.2, 0.25) is 0 Å².